The zero-order valence-corrected chi connectivity index (χ0v) is 9.06. The molecule has 0 aromatic carbocycles. The van der Waals surface area contributed by atoms with Gasteiger partial charge in [-0.05, 0) is 26.0 Å². The molecule has 0 bridgehead atoms. The van der Waals surface area contributed by atoms with Crippen molar-refractivity contribution < 1.29 is 9.90 Å². The summed E-state index contributed by atoms with van der Waals surface area (Å²) in [5.74, 6) is 0.755. The normalized spacial score (nSPS) is 21.6. The van der Waals surface area contributed by atoms with Crippen LogP contribution in [0.5, 0.6) is 0 Å². The number of carbonyl (C=O) groups is 1. The number of carbonyl (C=O) groups excluding carboxylic acids is 1. The SMILES string of the molecule is CSCC(=O)N1CCC(C)(O)CC1. The van der Waals surface area contributed by atoms with Gasteiger partial charge in [-0.15, -0.1) is 0 Å². The Hall–Kier alpha value is -0.220. The molecule has 0 radical (unpaired) electrons. The maximum atomic E-state index is 11.4. The lowest BCUT2D eigenvalue weighted by Gasteiger charge is -2.35. The molecule has 13 heavy (non-hydrogen) atoms. The van der Waals surface area contributed by atoms with Crippen LogP contribution >= 0.6 is 11.8 Å². The van der Waals surface area contributed by atoms with Gasteiger partial charge in [0.05, 0.1) is 11.4 Å². The Morgan fingerprint density at radius 3 is 2.54 bits per heavy atom. The second-order valence-electron chi connectivity index (χ2n) is 3.81. The van der Waals surface area contributed by atoms with Crippen LogP contribution in [0.4, 0.5) is 0 Å². The second-order valence-corrected chi connectivity index (χ2v) is 4.68. The van der Waals surface area contributed by atoms with E-state index in [0.717, 1.165) is 0 Å². The third kappa shape index (κ3) is 3.19. The number of amides is 1. The Balaban J connectivity index is 2.36. The number of thioether (sulfide) groups is 1. The summed E-state index contributed by atoms with van der Waals surface area (Å²) in [7, 11) is 0. The van der Waals surface area contributed by atoms with Gasteiger partial charge in [-0.2, -0.15) is 11.8 Å². The number of likely N-dealkylation sites (tertiary alicyclic amines) is 1. The molecular weight excluding hydrogens is 186 g/mol. The van der Waals surface area contributed by atoms with Crippen LogP contribution in [-0.4, -0.2) is 46.6 Å². The van der Waals surface area contributed by atoms with Crippen LogP contribution in [0.25, 0.3) is 0 Å². The summed E-state index contributed by atoms with van der Waals surface area (Å²) in [6, 6.07) is 0. The van der Waals surface area contributed by atoms with Gasteiger partial charge in [0, 0.05) is 13.1 Å². The molecule has 4 heteroatoms. The molecule has 0 aromatic rings. The number of nitrogens with zero attached hydrogens (tertiary/aromatic N) is 1. The fourth-order valence-corrected chi connectivity index (χ4v) is 1.88. The van der Waals surface area contributed by atoms with Gasteiger partial charge in [-0.1, -0.05) is 0 Å². The molecule has 1 amide bonds. The molecule has 0 saturated carbocycles. The molecule has 1 aliphatic heterocycles. The second kappa shape index (κ2) is 4.33. The largest absolute Gasteiger partial charge is 0.390 e. The quantitative estimate of drug-likeness (QED) is 0.719. The van der Waals surface area contributed by atoms with Gasteiger partial charge in [0.2, 0.25) is 5.91 Å². The van der Waals surface area contributed by atoms with Crippen molar-refractivity contribution in [3.63, 3.8) is 0 Å². The van der Waals surface area contributed by atoms with E-state index in [4.69, 9.17) is 0 Å². The molecule has 1 heterocycles. The highest BCUT2D eigenvalue weighted by molar-refractivity contribution is 7.99. The first kappa shape index (κ1) is 10.9. The van der Waals surface area contributed by atoms with Crippen LogP contribution in [0.2, 0.25) is 0 Å². The van der Waals surface area contributed by atoms with E-state index in [9.17, 15) is 9.90 Å². The molecule has 1 aliphatic rings. The Morgan fingerprint density at radius 2 is 2.08 bits per heavy atom. The third-order valence-corrected chi connectivity index (χ3v) is 3.00. The Morgan fingerprint density at radius 1 is 1.54 bits per heavy atom. The number of rotatable bonds is 2. The minimum absolute atomic E-state index is 0.197. The summed E-state index contributed by atoms with van der Waals surface area (Å²) in [6.07, 6.45) is 3.33. The van der Waals surface area contributed by atoms with E-state index >= 15 is 0 Å². The fourth-order valence-electron chi connectivity index (χ4n) is 1.45. The van der Waals surface area contributed by atoms with Crippen LogP contribution in [0, 0.1) is 0 Å². The Labute approximate surface area is 83.5 Å². The molecule has 0 atom stereocenters. The predicted octanol–water partition coefficient (Wildman–Crippen LogP) is 0.723. The van der Waals surface area contributed by atoms with Crippen LogP contribution in [0.3, 0.4) is 0 Å². The van der Waals surface area contributed by atoms with Crippen molar-refractivity contribution in [3.8, 4) is 0 Å². The maximum absolute atomic E-state index is 11.4. The molecule has 0 spiro atoms. The minimum Gasteiger partial charge on any atom is -0.390 e. The molecule has 1 N–H and O–H groups in total. The highest BCUT2D eigenvalue weighted by Crippen LogP contribution is 2.21. The lowest BCUT2D eigenvalue weighted by atomic mass is 9.94. The molecule has 3 nitrogen and oxygen atoms in total. The summed E-state index contributed by atoms with van der Waals surface area (Å²) in [6.45, 7) is 3.24. The molecule has 0 unspecified atom stereocenters. The highest BCUT2D eigenvalue weighted by atomic mass is 32.2. The van der Waals surface area contributed by atoms with Gasteiger partial charge in [0.15, 0.2) is 0 Å². The molecule has 0 aliphatic carbocycles. The van der Waals surface area contributed by atoms with E-state index < -0.39 is 5.60 Å². The first-order valence-corrected chi connectivity index (χ1v) is 5.94. The van der Waals surface area contributed by atoms with E-state index in [1.807, 2.05) is 18.1 Å². The standard InChI is InChI=1S/C9H17NO2S/c1-9(12)3-5-10(6-4-9)8(11)7-13-2/h12H,3-7H2,1-2H3. The van der Waals surface area contributed by atoms with E-state index in [-0.39, 0.29) is 5.91 Å². The summed E-state index contributed by atoms with van der Waals surface area (Å²) >= 11 is 1.55. The molecule has 76 valence electrons. The van der Waals surface area contributed by atoms with Crippen LogP contribution in [0.15, 0.2) is 0 Å². The van der Waals surface area contributed by atoms with Crippen molar-refractivity contribution in [2.75, 3.05) is 25.1 Å². The lowest BCUT2D eigenvalue weighted by Crippen LogP contribution is -2.45. The monoisotopic (exact) mass is 203 g/mol. The highest BCUT2D eigenvalue weighted by Gasteiger charge is 2.28. The number of aliphatic hydroxyl groups is 1. The first-order chi connectivity index (χ1) is 6.05. The van der Waals surface area contributed by atoms with Gasteiger partial charge in [-0.3, -0.25) is 4.79 Å². The fraction of sp³-hybridized carbons (Fsp3) is 0.889. The Kier molecular flexibility index (Phi) is 3.62. The van der Waals surface area contributed by atoms with E-state index in [1.54, 1.807) is 11.8 Å². The van der Waals surface area contributed by atoms with E-state index in [1.165, 1.54) is 0 Å². The summed E-state index contributed by atoms with van der Waals surface area (Å²) in [4.78, 5) is 13.3. The zero-order chi connectivity index (χ0) is 9.90. The van der Waals surface area contributed by atoms with Crippen molar-refractivity contribution >= 4 is 17.7 Å². The topological polar surface area (TPSA) is 40.5 Å². The van der Waals surface area contributed by atoms with Gasteiger partial charge in [0.25, 0.3) is 0 Å². The van der Waals surface area contributed by atoms with Gasteiger partial charge >= 0.3 is 0 Å². The van der Waals surface area contributed by atoms with Crippen molar-refractivity contribution in [2.45, 2.75) is 25.4 Å². The average Bonchev–Trinajstić information content (AvgIpc) is 2.04. The van der Waals surface area contributed by atoms with Crippen LogP contribution < -0.4 is 0 Å². The van der Waals surface area contributed by atoms with E-state index in [0.29, 0.717) is 31.7 Å². The molecular formula is C9H17NO2S. The van der Waals surface area contributed by atoms with Crippen LogP contribution in [-0.2, 0) is 4.79 Å². The number of hydrogen-bond donors (Lipinski definition) is 1. The molecule has 1 saturated heterocycles. The van der Waals surface area contributed by atoms with Gasteiger partial charge < -0.3 is 10.0 Å². The first-order valence-electron chi connectivity index (χ1n) is 4.54. The summed E-state index contributed by atoms with van der Waals surface area (Å²) in [5, 5.41) is 9.66. The van der Waals surface area contributed by atoms with Crippen LogP contribution in [0.1, 0.15) is 19.8 Å². The van der Waals surface area contributed by atoms with Gasteiger partial charge in [-0.25, -0.2) is 0 Å². The molecule has 0 aromatic heterocycles. The predicted molar refractivity (Wildman–Crippen MR) is 54.8 cm³/mol. The smallest absolute Gasteiger partial charge is 0.232 e. The number of piperidine rings is 1. The Bertz CT molecular complexity index is 184. The molecule has 1 fully saturated rings. The van der Waals surface area contributed by atoms with Crippen molar-refractivity contribution in [2.24, 2.45) is 0 Å². The summed E-state index contributed by atoms with van der Waals surface area (Å²) < 4.78 is 0. The van der Waals surface area contributed by atoms with Crippen molar-refractivity contribution in [1.82, 2.24) is 4.90 Å². The van der Waals surface area contributed by atoms with Crippen molar-refractivity contribution in [3.05, 3.63) is 0 Å². The van der Waals surface area contributed by atoms with Gasteiger partial charge in [0.1, 0.15) is 0 Å². The lowest BCUT2D eigenvalue weighted by molar-refractivity contribution is -0.132. The van der Waals surface area contributed by atoms with E-state index in [2.05, 4.69) is 0 Å². The molecule has 1 rings (SSSR count). The zero-order valence-electron chi connectivity index (χ0n) is 8.25. The number of hydrogen-bond acceptors (Lipinski definition) is 3. The minimum atomic E-state index is -0.559. The third-order valence-electron chi connectivity index (χ3n) is 2.46. The van der Waals surface area contributed by atoms with Crippen molar-refractivity contribution in [1.29, 1.82) is 0 Å². The average molecular weight is 203 g/mol. The maximum Gasteiger partial charge on any atom is 0.232 e. The summed E-state index contributed by atoms with van der Waals surface area (Å²) in [5.41, 5.74) is -0.559.